The molecule has 1 aliphatic rings. The number of carbonyl (C=O) groups is 1. The lowest BCUT2D eigenvalue weighted by molar-refractivity contribution is 0.179. The van der Waals surface area contributed by atoms with Crippen molar-refractivity contribution in [1.29, 1.82) is 0 Å². The number of carbonyl (C=O) groups excluding carboxylic acids is 1. The molecule has 1 heterocycles. The van der Waals surface area contributed by atoms with E-state index in [9.17, 15) is 13.2 Å². The fourth-order valence-corrected chi connectivity index (χ4v) is 3.12. The molecule has 1 aromatic carbocycles. The van der Waals surface area contributed by atoms with Gasteiger partial charge in [0.1, 0.15) is 0 Å². The SMILES string of the molecule is C[C@H](c1ccc(S(C)(=O)=O)cc1)N(C)C(=O)NC[C@@H]1CCOC1. The maximum Gasteiger partial charge on any atom is 0.317 e. The number of nitrogens with one attached hydrogen (secondary N) is 1. The van der Waals surface area contributed by atoms with Crippen molar-refractivity contribution in [3.8, 4) is 0 Å². The van der Waals surface area contributed by atoms with Gasteiger partial charge in [-0.1, -0.05) is 12.1 Å². The zero-order valence-corrected chi connectivity index (χ0v) is 14.6. The molecule has 1 aliphatic heterocycles. The second kappa shape index (κ2) is 7.31. The van der Waals surface area contributed by atoms with Gasteiger partial charge in [0.2, 0.25) is 0 Å². The first-order chi connectivity index (χ1) is 10.8. The Bertz CT molecular complexity index is 637. The molecule has 0 aromatic heterocycles. The number of amides is 2. The Labute approximate surface area is 137 Å². The van der Waals surface area contributed by atoms with E-state index in [1.54, 1.807) is 36.2 Å². The second-order valence-corrected chi connectivity index (χ2v) is 8.06. The first-order valence-electron chi connectivity index (χ1n) is 7.67. The lowest BCUT2D eigenvalue weighted by atomic mass is 10.1. The van der Waals surface area contributed by atoms with Crippen molar-refractivity contribution >= 4 is 15.9 Å². The second-order valence-electron chi connectivity index (χ2n) is 6.04. The minimum Gasteiger partial charge on any atom is -0.381 e. The van der Waals surface area contributed by atoms with E-state index < -0.39 is 9.84 Å². The number of nitrogens with zero attached hydrogens (tertiary/aromatic N) is 1. The highest BCUT2D eigenvalue weighted by molar-refractivity contribution is 7.90. The van der Waals surface area contributed by atoms with Crippen LogP contribution in [0.3, 0.4) is 0 Å². The number of hydrogen-bond donors (Lipinski definition) is 1. The predicted molar refractivity (Wildman–Crippen MR) is 88.1 cm³/mol. The van der Waals surface area contributed by atoms with Gasteiger partial charge in [-0.3, -0.25) is 0 Å². The Morgan fingerprint density at radius 2 is 2.04 bits per heavy atom. The molecule has 0 bridgehead atoms. The molecule has 1 saturated heterocycles. The third-order valence-electron chi connectivity index (χ3n) is 4.26. The normalized spacial score (nSPS) is 19.3. The van der Waals surface area contributed by atoms with Crippen LogP contribution in [0.2, 0.25) is 0 Å². The van der Waals surface area contributed by atoms with E-state index >= 15 is 0 Å². The van der Waals surface area contributed by atoms with Gasteiger partial charge in [-0.25, -0.2) is 13.2 Å². The third-order valence-corrected chi connectivity index (χ3v) is 5.39. The molecule has 0 unspecified atom stereocenters. The topological polar surface area (TPSA) is 75.7 Å². The highest BCUT2D eigenvalue weighted by Crippen LogP contribution is 2.21. The summed E-state index contributed by atoms with van der Waals surface area (Å²) in [4.78, 5) is 14.1. The van der Waals surface area contributed by atoms with Gasteiger partial charge in [0, 0.05) is 32.4 Å². The first kappa shape index (κ1) is 17.7. The van der Waals surface area contributed by atoms with Crippen LogP contribution in [-0.2, 0) is 14.6 Å². The summed E-state index contributed by atoms with van der Waals surface area (Å²) in [6.45, 7) is 3.99. The van der Waals surface area contributed by atoms with Gasteiger partial charge in [0.05, 0.1) is 17.5 Å². The Balaban J connectivity index is 1.95. The number of benzene rings is 1. The Morgan fingerprint density at radius 3 is 2.57 bits per heavy atom. The molecule has 0 radical (unpaired) electrons. The molecule has 1 fully saturated rings. The average molecular weight is 340 g/mol. The van der Waals surface area contributed by atoms with E-state index in [0.717, 1.165) is 18.6 Å². The molecule has 1 N–H and O–H groups in total. The molecule has 0 spiro atoms. The molecule has 1 aromatic rings. The predicted octanol–water partition coefficient (Wildman–Crippen LogP) is 1.83. The fourth-order valence-electron chi connectivity index (χ4n) is 2.49. The van der Waals surface area contributed by atoms with Crippen molar-refractivity contribution in [3.63, 3.8) is 0 Å². The van der Waals surface area contributed by atoms with Crippen LogP contribution >= 0.6 is 0 Å². The van der Waals surface area contributed by atoms with Crippen molar-refractivity contribution < 1.29 is 17.9 Å². The summed E-state index contributed by atoms with van der Waals surface area (Å²) in [6.07, 6.45) is 2.16. The highest BCUT2D eigenvalue weighted by atomic mass is 32.2. The van der Waals surface area contributed by atoms with Crippen molar-refractivity contribution in [2.24, 2.45) is 5.92 Å². The smallest absolute Gasteiger partial charge is 0.317 e. The first-order valence-corrected chi connectivity index (χ1v) is 9.56. The van der Waals surface area contributed by atoms with E-state index in [2.05, 4.69) is 5.32 Å². The number of hydrogen-bond acceptors (Lipinski definition) is 4. The van der Waals surface area contributed by atoms with Crippen molar-refractivity contribution in [2.45, 2.75) is 24.3 Å². The van der Waals surface area contributed by atoms with E-state index in [1.165, 1.54) is 6.26 Å². The minimum absolute atomic E-state index is 0.142. The van der Waals surface area contributed by atoms with Gasteiger partial charge < -0.3 is 15.0 Å². The molecule has 23 heavy (non-hydrogen) atoms. The summed E-state index contributed by atoms with van der Waals surface area (Å²) < 4.78 is 28.3. The van der Waals surface area contributed by atoms with Crippen molar-refractivity contribution in [2.75, 3.05) is 33.1 Å². The maximum atomic E-state index is 12.2. The van der Waals surface area contributed by atoms with Gasteiger partial charge in [-0.15, -0.1) is 0 Å². The number of sulfone groups is 1. The molecule has 0 aliphatic carbocycles. The number of rotatable bonds is 5. The number of urea groups is 1. The number of ether oxygens (including phenoxy) is 1. The Hall–Kier alpha value is -1.60. The van der Waals surface area contributed by atoms with Crippen LogP contribution in [0.1, 0.15) is 24.9 Å². The monoisotopic (exact) mass is 340 g/mol. The van der Waals surface area contributed by atoms with E-state index in [0.29, 0.717) is 19.1 Å². The highest BCUT2D eigenvalue weighted by Gasteiger charge is 2.21. The third kappa shape index (κ3) is 4.68. The Morgan fingerprint density at radius 1 is 1.39 bits per heavy atom. The largest absolute Gasteiger partial charge is 0.381 e. The molecule has 2 amide bonds. The quantitative estimate of drug-likeness (QED) is 0.887. The summed E-state index contributed by atoms with van der Waals surface area (Å²) in [6, 6.07) is 6.34. The van der Waals surface area contributed by atoms with E-state index in [4.69, 9.17) is 4.74 Å². The Kier molecular flexibility index (Phi) is 5.64. The van der Waals surface area contributed by atoms with Crippen LogP contribution < -0.4 is 5.32 Å². The van der Waals surface area contributed by atoms with Crippen LogP contribution in [-0.4, -0.2) is 52.4 Å². The van der Waals surface area contributed by atoms with E-state index in [-0.39, 0.29) is 17.0 Å². The standard InChI is InChI=1S/C16H24N2O4S/c1-12(14-4-6-15(7-5-14)23(3,20)21)18(2)16(19)17-10-13-8-9-22-11-13/h4-7,12-13H,8-11H2,1-3H3,(H,17,19)/t12-,13+/m1/s1. The van der Waals surface area contributed by atoms with Crippen molar-refractivity contribution in [1.82, 2.24) is 10.2 Å². The van der Waals surface area contributed by atoms with Gasteiger partial charge in [-0.05, 0) is 31.0 Å². The summed E-state index contributed by atoms with van der Waals surface area (Å²) >= 11 is 0. The van der Waals surface area contributed by atoms with Crippen LogP contribution in [0.15, 0.2) is 29.2 Å². The molecule has 0 saturated carbocycles. The zero-order valence-electron chi connectivity index (χ0n) is 13.8. The van der Waals surface area contributed by atoms with Gasteiger partial charge in [0.15, 0.2) is 9.84 Å². The van der Waals surface area contributed by atoms with Crippen LogP contribution in [0.5, 0.6) is 0 Å². The minimum atomic E-state index is -3.20. The molecular weight excluding hydrogens is 316 g/mol. The molecule has 2 rings (SSSR count). The van der Waals surface area contributed by atoms with Crippen LogP contribution in [0, 0.1) is 5.92 Å². The zero-order chi connectivity index (χ0) is 17.0. The summed E-state index contributed by atoms with van der Waals surface area (Å²) in [5, 5.41) is 2.92. The molecule has 128 valence electrons. The average Bonchev–Trinajstić information content (AvgIpc) is 3.04. The molecule has 2 atom stereocenters. The van der Waals surface area contributed by atoms with Crippen LogP contribution in [0.25, 0.3) is 0 Å². The van der Waals surface area contributed by atoms with E-state index in [1.807, 2.05) is 6.92 Å². The lowest BCUT2D eigenvalue weighted by Crippen LogP contribution is -2.40. The summed E-state index contributed by atoms with van der Waals surface area (Å²) in [5.41, 5.74) is 0.888. The van der Waals surface area contributed by atoms with Crippen LogP contribution in [0.4, 0.5) is 4.79 Å². The fraction of sp³-hybridized carbons (Fsp3) is 0.562. The molecule has 6 nitrogen and oxygen atoms in total. The summed E-state index contributed by atoms with van der Waals surface area (Å²) in [7, 11) is -1.47. The van der Waals surface area contributed by atoms with Gasteiger partial charge in [0.25, 0.3) is 0 Å². The summed E-state index contributed by atoms with van der Waals surface area (Å²) in [5.74, 6) is 0.386. The van der Waals surface area contributed by atoms with Gasteiger partial charge >= 0.3 is 6.03 Å². The lowest BCUT2D eigenvalue weighted by Gasteiger charge is -2.26. The van der Waals surface area contributed by atoms with Crippen molar-refractivity contribution in [3.05, 3.63) is 29.8 Å². The molecule has 7 heteroatoms. The molecular formula is C16H24N2O4S. The maximum absolute atomic E-state index is 12.2. The van der Waals surface area contributed by atoms with Gasteiger partial charge in [-0.2, -0.15) is 0 Å².